The van der Waals surface area contributed by atoms with Crippen molar-refractivity contribution in [1.82, 2.24) is 24.7 Å². The van der Waals surface area contributed by atoms with Gasteiger partial charge in [-0.15, -0.1) is 10.2 Å². The van der Waals surface area contributed by atoms with E-state index in [1.54, 1.807) is 41.8 Å². The van der Waals surface area contributed by atoms with E-state index in [0.717, 1.165) is 12.4 Å². The molecule has 3 heterocycles. The SMILES string of the molecule is COc1cccc(OC)c1-n1c(CS(=O)(=O)[C@H](C)Cc2ncc(F)cn2)nnc1-c1ccco1. The minimum Gasteiger partial charge on any atom is -0.494 e. The van der Waals surface area contributed by atoms with Gasteiger partial charge in [0.1, 0.15) is 28.8 Å². The van der Waals surface area contributed by atoms with Crippen LogP contribution in [0.4, 0.5) is 4.39 Å². The lowest BCUT2D eigenvalue weighted by atomic mass is 10.2. The zero-order chi connectivity index (χ0) is 24.3. The second kappa shape index (κ2) is 9.59. The van der Waals surface area contributed by atoms with Crippen LogP contribution in [0.5, 0.6) is 11.5 Å². The Morgan fingerprint density at radius 2 is 1.74 bits per heavy atom. The molecule has 3 aromatic heterocycles. The minimum absolute atomic E-state index is 0.0137. The fraction of sp³-hybridized carbons (Fsp3) is 0.273. The van der Waals surface area contributed by atoms with Crippen molar-refractivity contribution >= 4 is 9.84 Å². The molecule has 0 fully saturated rings. The first kappa shape index (κ1) is 23.4. The van der Waals surface area contributed by atoms with E-state index in [-0.39, 0.29) is 23.9 Å². The molecule has 4 aromatic rings. The van der Waals surface area contributed by atoms with Crippen LogP contribution in [0.1, 0.15) is 18.6 Å². The lowest BCUT2D eigenvalue weighted by Gasteiger charge is -2.17. The third kappa shape index (κ3) is 4.62. The number of sulfone groups is 1. The Morgan fingerprint density at radius 1 is 1.06 bits per heavy atom. The van der Waals surface area contributed by atoms with Crippen molar-refractivity contribution in [3.63, 3.8) is 0 Å². The Balaban J connectivity index is 1.77. The first-order valence-corrected chi connectivity index (χ1v) is 11.9. The number of methoxy groups -OCH3 is 2. The number of nitrogens with zero attached hydrogens (tertiary/aromatic N) is 5. The van der Waals surface area contributed by atoms with Gasteiger partial charge in [-0.2, -0.15) is 0 Å². The number of furan rings is 1. The Morgan fingerprint density at radius 3 is 2.32 bits per heavy atom. The molecule has 0 aliphatic rings. The minimum atomic E-state index is -3.76. The van der Waals surface area contributed by atoms with Crippen LogP contribution in [0, 0.1) is 5.82 Å². The number of hydrogen-bond acceptors (Lipinski definition) is 9. The molecule has 0 amide bonds. The zero-order valence-corrected chi connectivity index (χ0v) is 19.5. The predicted octanol–water partition coefficient (Wildman–Crippen LogP) is 3.02. The highest BCUT2D eigenvalue weighted by molar-refractivity contribution is 7.91. The number of hydrogen-bond donors (Lipinski definition) is 0. The largest absolute Gasteiger partial charge is 0.494 e. The maximum atomic E-state index is 13.3. The highest BCUT2D eigenvalue weighted by Crippen LogP contribution is 2.36. The van der Waals surface area contributed by atoms with E-state index < -0.39 is 26.7 Å². The van der Waals surface area contributed by atoms with Crippen molar-refractivity contribution in [3.05, 3.63) is 66.5 Å². The zero-order valence-electron chi connectivity index (χ0n) is 18.7. The van der Waals surface area contributed by atoms with Crippen molar-refractivity contribution in [2.75, 3.05) is 14.2 Å². The number of benzene rings is 1. The molecule has 1 aromatic carbocycles. The molecule has 0 radical (unpaired) electrons. The first-order chi connectivity index (χ1) is 16.3. The van der Waals surface area contributed by atoms with E-state index in [2.05, 4.69) is 20.2 Å². The van der Waals surface area contributed by atoms with Gasteiger partial charge in [-0.05, 0) is 31.2 Å². The lowest BCUT2D eigenvalue weighted by molar-refractivity contribution is 0.390. The molecular weight excluding hydrogens is 465 g/mol. The number of rotatable bonds is 9. The molecule has 0 saturated carbocycles. The lowest BCUT2D eigenvalue weighted by Crippen LogP contribution is -2.24. The predicted molar refractivity (Wildman–Crippen MR) is 120 cm³/mol. The molecule has 0 saturated heterocycles. The van der Waals surface area contributed by atoms with E-state index in [1.165, 1.54) is 20.5 Å². The molecule has 0 aliphatic carbocycles. The quantitative estimate of drug-likeness (QED) is 0.350. The van der Waals surface area contributed by atoms with E-state index in [1.807, 2.05) is 0 Å². The molecule has 0 unspecified atom stereocenters. The van der Waals surface area contributed by atoms with Gasteiger partial charge in [0.15, 0.2) is 27.2 Å². The average molecular weight is 488 g/mol. The van der Waals surface area contributed by atoms with E-state index in [0.29, 0.717) is 22.9 Å². The van der Waals surface area contributed by atoms with Gasteiger partial charge in [0.05, 0.1) is 38.1 Å². The fourth-order valence-electron chi connectivity index (χ4n) is 3.41. The maximum absolute atomic E-state index is 13.3. The van der Waals surface area contributed by atoms with Crippen molar-refractivity contribution in [2.24, 2.45) is 0 Å². The standard InChI is InChI=1S/C22H22FN5O5S/c1-14(10-19-24-11-15(23)12-25-19)34(29,30)13-20-26-27-22(18-8-5-9-33-18)28(20)21-16(31-2)6-4-7-17(21)32-3/h4-9,11-12,14H,10,13H2,1-3H3/t14-/m1/s1. The number of ether oxygens (including phenoxy) is 2. The molecule has 0 bridgehead atoms. The summed E-state index contributed by atoms with van der Waals surface area (Å²) in [6, 6.07) is 8.57. The molecule has 1 atom stereocenters. The van der Waals surface area contributed by atoms with Crippen LogP contribution in [0.3, 0.4) is 0 Å². The van der Waals surface area contributed by atoms with E-state index in [9.17, 15) is 12.8 Å². The van der Waals surface area contributed by atoms with Crippen LogP contribution in [-0.4, -0.2) is 52.6 Å². The first-order valence-electron chi connectivity index (χ1n) is 10.2. The smallest absolute Gasteiger partial charge is 0.204 e. The molecular formula is C22H22FN5O5S. The van der Waals surface area contributed by atoms with Gasteiger partial charge in [-0.1, -0.05) is 6.07 Å². The summed E-state index contributed by atoms with van der Waals surface area (Å²) < 4.78 is 57.7. The third-order valence-corrected chi connectivity index (χ3v) is 7.24. The van der Waals surface area contributed by atoms with Gasteiger partial charge in [0, 0.05) is 6.42 Å². The van der Waals surface area contributed by atoms with Crippen molar-refractivity contribution in [2.45, 2.75) is 24.3 Å². The second-order valence-electron chi connectivity index (χ2n) is 7.40. The third-order valence-electron chi connectivity index (χ3n) is 5.18. The molecule has 4 rings (SSSR count). The van der Waals surface area contributed by atoms with Gasteiger partial charge >= 0.3 is 0 Å². The molecule has 0 N–H and O–H groups in total. The van der Waals surface area contributed by atoms with Gasteiger partial charge in [0.2, 0.25) is 5.82 Å². The Bertz CT molecular complexity index is 1350. The molecule has 178 valence electrons. The second-order valence-corrected chi connectivity index (χ2v) is 9.82. The summed E-state index contributed by atoms with van der Waals surface area (Å²) in [7, 11) is -0.763. The van der Waals surface area contributed by atoms with Crippen LogP contribution in [0.2, 0.25) is 0 Å². The maximum Gasteiger partial charge on any atom is 0.204 e. The van der Waals surface area contributed by atoms with E-state index in [4.69, 9.17) is 13.9 Å². The molecule has 12 heteroatoms. The van der Waals surface area contributed by atoms with Crippen LogP contribution in [0.15, 0.2) is 53.4 Å². The van der Waals surface area contributed by atoms with Crippen LogP contribution in [-0.2, 0) is 22.0 Å². The summed E-state index contributed by atoms with van der Waals surface area (Å²) in [5, 5.41) is 7.50. The summed E-state index contributed by atoms with van der Waals surface area (Å²) in [5.41, 5.74) is 0.434. The summed E-state index contributed by atoms with van der Waals surface area (Å²) in [6.45, 7) is 1.54. The van der Waals surface area contributed by atoms with Crippen molar-refractivity contribution in [3.8, 4) is 28.8 Å². The summed E-state index contributed by atoms with van der Waals surface area (Å²) in [4.78, 5) is 7.72. The van der Waals surface area contributed by atoms with Crippen LogP contribution in [0.25, 0.3) is 17.3 Å². The van der Waals surface area contributed by atoms with Gasteiger partial charge in [0.25, 0.3) is 0 Å². The van der Waals surface area contributed by atoms with Gasteiger partial charge in [-0.25, -0.2) is 22.8 Å². The highest BCUT2D eigenvalue weighted by atomic mass is 32.2. The van der Waals surface area contributed by atoms with Crippen molar-refractivity contribution < 1.29 is 26.7 Å². The number of aromatic nitrogens is 5. The molecule has 0 spiro atoms. The topological polar surface area (TPSA) is 122 Å². The van der Waals surface area contributed by atoms with Crippen LogP contribution < -0.4 is 9.47 Å². The molecule has 0 aliphatic heterocycles. The summed E-state index contributed by atoms with van der Waals surface area (Å²) >= 11 is 0. The molecule has 34 heavy (non-hydrogen) atoms. The summed E-state index contributed by atoms with van der Waals surface area (Å²) in [6.07, 6.45) is 3.50. The van der Waals surface area contributed by atoms with Gasteiger partial charge < -0.3 is 13.9 Å². The van der Waals surface area contributed by atoms with Crippen molar-refractivity contribution in [1.29, 1.82) is 0 Å². The fourth-order valence-corrected chi connectivity index (χ4v) is 4.65. The number of halogens is 1. The Kier molecular flexibility index (Phi) is 6.59. The monoisotopic (exact) mass is 487 g/mol. The molecule has 10 nitrogen and oxygen atoms in total. The average Bonchev–Trinajstić information content (AvgIpc) is 3.49. The van der Waals surface area contributed by atoms with E-state index >= 15 is 0 Å². The Hall–Kier alpha value is -3.80. The Labute approximate surface area is 195 Å². The number of para-hydroxylation sites is 1. The summed E-state index contributed by atoms with van der Waals surface area (Å²) in [5.74, 6) is 0.858. The highest BCUT2D eigenvalue weighted by Gasteiger charge is 2.29. The van der Waals surface area contributed by atoms with Crippen LogP contribution >= 0.6 is 0 Å². The van der Waals surface area contributed by atoms with Gasteiger partial charge in [-0.3, -0.25) is 4.57 Å². The normalized spacial score (nSPS) is 12.5.